The molecule has 0 saturated carbocycles. The van der Waals surface area contributed by atoms with E-state index in [4.69, 9.17) is 18.6 Å². The number of carbonyl (C=O) groups is 1. The number of carbonyl (C=O) groups excluding carboxylic acids is 1. The lowest BCUT2D eigenvalue weighted by atomic mass is 9.85. The highest BCUT2D eigenvalue weighted by atomic mass is 16.5. The lowest BCUT2D eigenvalue weighted by molar-refractivity contribution is -0.133. The van der Waals surface area contributed by atoms with E-state index >= 15 is 0 Å². The summed E-state index contributed by atoms with van der Waals surface area (Å²) in [4.78, 5) is 31.0. The highest BCUT2D eigenvalue weighted by Crippen LogP contribution is 2.51. The first-order valence-electron chi connectivity index (χ1n) is 13.7. The summed E-state index contributed by atoms with van der Waals surface area (Å²) < 4.78 is 22.8. The molecule has 11 heteroatoms. The summed E-state index contributed by atoms with van der Waals surface area (Å²) in [6.07, 6.45) is -0.172. The lowest BCUT2D eigenvalue weighted by Gasteiger charge is -2.33. The molecular weight excluding hydrogens is 556 g/mol. The fourth-order valence-corrected chi connectivity index (χ4v) is 5.49. The summed E-state index contributed by atoms with van der Waals surface area (Å²) in [6, 6.07) is 13.3. The SMILES string of the molecule is COc1cc([C@@H](CC(=O)N2CCN(C)CC2)c2c(O)c(O)c(O)c3c(=O)cc(-c4ccccc4)oc23)cc(OC)c1OC. The summed E-state index contributed by atoms with van der Waals surface area (Å²) in [7, 11) is 6.35. The van der Waals surface area contributed by atoms with Crippen LogP contribution in [0.5, 0.6) is 34.5 Å². The maximum Gasteiger partial charge on any atom is 0.223 e. The summed E-state index contributed by atoms with van der Waals surface area (Å²) >= 11 is 0. The van der Waals surface area contributed by atoms with E-state index in [2.05, 4.69) is 4.90 Å². The third-order valence-corrected chi connectivity index (χ3v) is 7.86. The van der Waals surface area contributed by atoms with Gasteiger partial charge in [-0.1, -0.05) is 30.3 Å². The van der Waals surface area contributed by atoms with Crippen LogP contribution in [0.4, 0.5) is 0 Å². The van der Waals surface area contributed by atoms with Crippen molar-refractivity contribution < 1.29 is 38.7 Å². The molecule has 1 aliphatic rings. The second kappa shape index (κ2) is 12.1. The van der Waals surface area contributed by atoms with Crippen LogP contribution in [0.3, 0.4) is 0 Å². The minimum atomic E-state index is -0.982. The Bertz CT molecular complexity index is 1690. The topological polar surface area (TPSA) is 142 Å². The summed E-state index contributed by atoms with van der Waals surface area (Å²) in [5.74, 6) is -2.54. The Hall–Kier alpha value is -4.90. The van der Waals surface area contributed by atoms with Crippen LogP contribution in [0.1, 0.15) is 23.5 Å². The summed E-state index contributed by atoms with van der Waals surface area (Å²) in [6.45, 7) is 2.42. The van der Waals surface area contributed by atoms with E-state index in [9.17, 15) is 24.9 Å². The maximum atomic E-state index is 13.8. The molecule has 1 amide bonds. The van der Waals surface area contributed by atoms with Crippen molar-refractivity contribution in [1.82, 2.24) is 9.80 Å². The molecule has 226 valence electrons. The molecule has 3 N–H and O–H groups in total. The van der Waals surface area contributed by atoms with Crippen LogP contribution in [0.25, 0.3) is 22.3 Å². The van der Waals surface area contributed by atoms with Crippen molar-refractivity contribution >= 4 is 16.9 Å². The van der Waals surface area contributed by atoms with Gasteiger partial charge in [0.05, 0.1) is 21.3 Å². The number of phenolic OH excluding ortho intramolecular Hbond substituents is 3. The Morgan fingerprint density at radius 1 is 0.884 bits per heavy atom. The second-order valence-corrected chi connectivity index (χ2v) is 10.4. The number of nitrogens with zero attached hydrogens (tertiary/aromatic N) is 2. The van der Waals surface area contributed by atoms with Crippen molar-refractivity contribution in [1.29, 1.82) is 0 Å². The van der Waals surface area contributed by atoms with Crippen molar-refractivity contribution in [3.63, 3.8) is 0 Å². The molecule has 0 radical (unpaired) electrons. The first-order chi connectivity index (χ1) is 20.7. The van der Waals surface area contributed by atoms with Crippen LogP contribution in [0, 0.1) is 0 Å². The van der Waals surface area contributed by atoms with E-state index < -0.39 is 28.6 Å². The molecule has 1 atom stereocenters. The number of likely N-dealkylation sites (N-methyl/N-ethyl adjacent to an activating group) is 1. The molecule has 43 heavy (non-hydrogen) atoms. The largest absolute Gasteiger partial charge is 0.504 e. The number of amides is 1. The fraction of sp³-hybridized carbons (Fsp3) is 0.312. The van der Waals surface area contributed by atoms with Gasteiger partial charge in [0.2, 0.25) is 17.4 Å². The van der Waals surface area contributed by atoms with Gasteiger partial charge in [-0.05, 0) is 24.7 Å². The van der Waals surface area contributed by atoms with Crippen molar-refractivity contribution in [2.45, 2.75) is 12.3 Å². The maximum absolute atomic E-state index is 13.8. The smallest absolute Gasteiger partial charge is 0.223 e. The zero-order chi connectivity index (χ0) is 30.8. The summed E-state index contributed by atoms with van der Waals surface area (Å²) in [5, 5.41) is 32.7. The molecule has 5 rings (SSSR count). The molecule has 3 aromatic carbocycles. The Morgan fingerprint density at radius 2 is 1.51 bits per heavy atom. The van der Waals surface area contributed by atoms with Gasteiger partial charge in [0.15, 0.2) is 28.4 Å². The van der Waals surface area contributed by atoms with Gasteiger partial charge in [-0.15, -0.1) is 0 Å². The van der Waals surface area contributed by atoms with Crippen molar-refractivity contribution in [2.75, 3.05) is 54.6 Å². The minimum Gasteiger partial charge on any atom is -0.504 e. The van der Waals surface area contributed by atoms with E-state index in [1.165, 1.54) is 27.4 Å². The second-order valence-electron chi connectivity index (χ2n) is 10.4. The zero-order valence-electron chi connectivity index (χ0n) is 24.4. The Balaban J connectivity index is 1.79. The number of methoxy groups -OCH3 is 3. The van der Waals surface area contributed by atoms with E-state index in [0.717, 1.165) is 0 Å². The Kier molecular flexibility index (Phi) is 8.36. The average Bonchev–Trinajstić information content (AvgIpc) is 3.02. The number of phenols is 3. The monoisotopic (exact) mass is 590 g/mol. The predicted molar refractivity (Wildman–Crippen MR) is 160 cm³/mol. The van der Waals surface area contributed by atoms with E-state index in [0.29, 0.717) is 54.6 Å². The standard InChI is InChI=1S/C32H34N2O9/c1-33-10-12-34(13-11-33)25(36)16-20(19-14-23(40-2)31(42-4)24(15-19)41-3)26-28(37)30(39)29(38)27-21(35)17-22(43-32(26)27)18-8-6-5-7-9-18/h5-9,14-15,17,20,37-39H,10-13,16H2,1-4H3/t20-/m1/s1. The molecule has 0 bridgehead atoms. The van der Waals surface area contributed by atoms with Crippen LogP contribution in [-0.2, 0) is 4.79 Å². The van der Waals surface area contributed by atoms with Gasteiger partial charge in [-0.3, -0.25) is 9.59 Å². The Morgan fingerprint density at radius 3 is 2.09 bits per heavy atom. The van der Waals surface area contributed by atoms with E-state index in [-0.39, 0.29) is 34.6 Å². The van der Waals surface area contributed by atoms with E-state index in [1.807, 2.05) is 13.1 Å². The van der Waals surface area contributed by atoms with Gasteiger partial charge < -0.3 is 43.7 Å². The molecule has 0 unspecified atom stereocenters. The molecule has 1 aliphatic heterocycles. The third kappa shape index (κ3) is 5.51. The number of hydrogen-bond donors (Lipinski definition) is 3. The lowest BCUT2D eigenvalue weighted by Crippen LogP contribution is -2.47. The average molecular weight is 591 g/mol. The number of fused-ring (bicyclic) bond motifs is 1. The van der Waals surface area contributed by atoms with Gasteiger partial charge in [0.1, 0.15) is 16.7 Å². The van der Waals surface area contributed by atoms with Gasteiger partial charge in [0.25, 0.3) is 0 Å². The first-order valence-corrected chi connectivity index (χ1v) is 13.7. The van der Waals surface area contributed by atoms with Crippen molar-refractivity contribution in [3.05, 3.63) is 69.9 Å². The van der Waals surface area contributed by atoms with Crippen LogP contribution >= 0.6 is 0 Å². The van der Waals surface area contributed by atoms with Gasteiger partial charge in [-0.25, -0.2) is 0 Å². The van der Waals surface area contributed by atoms with Crippen LogP contribution in [0.2, 0.25) is 0 Å². The van der Waals surface area contributed by atoms with E-state index in [1.54, 1.807) is 41.3 Å². The van der Waals surface area contributed by atoms with Crippen molar-refractivity contribution in [2.24, 2.45) is 0 Å². The molecule has 1 aromatic heterocycles. The zero-order valence-corrected chi connectivity index (χ0v) is 24.4. The molecule has 1 fully saturated rings. The predicted octanol–water partition coefficient (Wildman–Crippen LogP) is 3.90. The summed E-state index contributed by atoms with van der Waals surface area (Å²) in [5.41, 5.74) is 0.188. The molecule has 1 saturated heterocycles. The number of rotatable bonds is 8. The van der Waals surface area contributed by atoms with Crippen molar-refractivity contribution in [3.8, 4) is 45.8 Å². The minimum absolute atomic E-state index is 0.0445. The molecule has 0 aliphatic carbocycles. The highest BCUT2D eigenvalue weighted by molar-refractivity contribution is 5.94. The fourth-order valence-electron chi connectivity index (χ4n) is 5.49. The first kappa shape index (κ1) is 29.6. The molecule has 2 heterocycles. The van der Waals surface area contributed by atoms with Crippen LogP contribution in [0.15, 0.2) is 57.7 Å². The molecule has 0 spiro atoms. The highest BCUT2D eigenvalue weighted by Gasteiger charge is 2.33. The van der Waals surface area contributed by atoms with Gasteiger partial charge in [-0.2, -0.15) is 0 Å². The van der Waals surface area contributed by atoms with Crippen LogP contribution < -0.4 is 19.6 Å². The molecular formula is C32H34N2O9. The Labute approximate surface area is 248 Å². The van der Waals surface area contributed by atoms with Crippen LogP contribution in [-0.4, -0.2) is 85.6 Å². The number of hydrogen-bond acceptors (Lipinski definition) is 10. The molecule has 11 nitrogen and oxygen atoms in total. The number of piperazine rings is 1. The molecule has 4 aromatic rings. The van der Waals surface area contributed by atoms with Gasteiger partial charge in [0, 0.05) is 55.7 Å². The number of aromatic hydroxyl groups is 3. The van der Waals surface area contributed by atoms with Gasteiger partial charge >= 0.3 is 0 Å². The quantitative estimate of drug-likeness (QED) is 0.259. The number of ether oxygens (including phenoxy) is 3. The normalized spacial score (nSPS) is 14.5. The third-order valence-electron chi connectivity index (χ3n) is 7.86. The number of benzene rings is 3.